The van der Waals surface area contributed by atoms with Gasteiger partial charge in [-0.2, -0.15) is 8.78 Å². The van der Waals surface area contributed by atoms with E-state index in [1.165, 1.54) is 12.1 Å². The minimum atomic E-state index is -2.86. The van der Waals surface area contributed by atoms with Gasteiger partial charge in [0.15, 0.2) is 12.7 Å². The number of benzene rings is 1. The molecule has 6 nitrogen and oxygen atoms in total. The molecule has 0 aromatic heterocycles. The van der Waals surface area contributed by atoms with Gasteiger partial charge >= 0.3 is 12.6 Å². The molecule has 152 valence electrons. The number of carbonyl (C=O) groups excluding carboxylic acids is 2. The second-order valence-electron chi connectivity index (χ2n) is 6.43. The van der Waals surface area contributed by atoms with Crippen LogP contribution >= 0.6 is 0 Å². The number of hydrogen-bond donors (Lipinski definition) is 1. The van der Waals surface area contributed by atoms with E-state index in [0.717, 1.165) is 12.0 Å². The summed E-state index contributed by atoms with van der Waals surface area (Å²) < 4.78 is 38.7. The largest absolute Gasteiger partial charge is 0.454 e. The highest BCUT2D eigenvalue weighted by molar-refractivity contribution is 5.81. The third-order valence-electron chi connectivity index (χ3n) is 3.62. The molecule has 0 aliphatic heterocycles. The average molecular weight is 387 g/mol. The Kier molecular flexibility index (Phi) is 10.3. The van der Waals surface area contributed by atoms with Crippen LogP contribution in [0.25, 0.3) is 0 Å². The maximum absolute atomic E-state index is 12.1. The summed E-state index contributed by atoms with van der Waals surface area (Å²) in [4.78, 5) is 23.4. The van der Waals surface area contributed by atoms with E-state index < -0.39 is 24.6 Å². The van der Waals surface area contributed by atoms with Crippen LogP contribution in [-0.4, -0.2) is 44.4 Å². The molecule has 0 fully saturated rings. The third kappa shape index (κ3) is 10.5. The van der Waals surface area contributed by atoms with Crippen molar-refractivity contribution >= 4 is 11.9 Å². The molecule has 1 atom stereocenters. The average Bonchev–Trinajstić information content (AvgIpc) is 2.60. The first-order chi connectivity index (χ1) is 12.8. The highest BCUT2D eigenvalue weighted by atomic mass is 19.3. The van der Waals surface area contributed by atoms with Crippen LogP contribution in [-0.2, 0) is 25.5 Å². The monoisotopic (exact) mass is 387 g/mol. The van der Waals surface area contributed by atoms with Crippen molar-refractivity contribution in [1.82, 2.24) is 5.32 Å². The fourth-order valence-electron chi connectivity index (χ4n) is 2.04. The molecule has 1 rings (SSSR count). The molecule has 0 aliphatic rings. The van der Waals surface area contributed by atoms with Crippen LogP contribution in [0.15, 0.2) is 24.3 Å². The maximum atomic E-state index is 12.1. The Hall–Kier alpha value is -2.22. The van der Waals surface area contributed by atoms with Gasteiger partial charge in [0, 0.05) is 13.2 Å². The fraction of sp³-hybridized carbons (Fsp3) is 0.579. The molecule has 1 aromatic rings. The Morgan fingerprint density at radius 3 is 2.37 bits per heavy atom. The Balaban J connectivity index is 2.20. The minimum Gasteiger partial charge on any atom is -0.454 e. The quantitative estimate of drug-likeness (QED) is 0.558. The number of halogens is 2. The Bertz CT molecular complexity index is 578. The van der Waals surface area contributed by atoms with Gasteiger partial charge in [0.2, 0.25) is 0 Å². The van der Waals surface area contributed by atoms with Crippen LogP contribution in [0.4, 0.5) is 8.78 Å². The number of hydrogen-bond acceptors (Lipinski definition) is 5. The predicted molar refractivity (Wildman–Crippen MR) is 95.6 cm³/mol. The van der Waals surface area contributed by atoms with Gasteiger partial charge in [0.1, 0.15) is 5.75 Å². The molecule has 0 aliphatic carbocycles. The van der Waals surface area contributed by atoms with Crippen LogP contribution in [0, 0.1) is 5.92 Å². The normalized spacial score (nSPS) is 12.1. The molecular weight excluding hydrogens is 360 g/mol. The lowest BCUT2D eigenvalue weighted by molar-refractivity contribution is -0.159. The molecule has 0 spiro atoms. The van der Waals surface area contributed by atoms with Gasteiger partial charge in [-0.1, -0.05) is 26.0 Å². The van der Waals surface area contributed by atoms with Crippen molar-refractivity contribution in [2.75, 3.05) is 19.8 Å². The van der Waals surface area contributed by atoms with Gasteiger partial charge in [-0.25, -0.2) is 4.79 Å². The molecule has 0 radical (unpaired) electrons. The highest BCUT2D eigenvalue weighted by Crippen LogP contribution is 2.14. The molecule has 1 unspecified atom stereocenters. The lowest BCUT2D eigenvalue weighted by Crippen LogP contribution is -2.33. The van der Waals surface area contributed by atoms with Crippen molar-refractivity contribution in [1.29, 1.82) is 0 Å². The predicted octanol–water partition coefficient (Wildman–Crippen LogP) is 2.94. The van der Waals surface area contributed by atoms with E-state index in [1.807, 2.05) is 0 Å². The summed E-state index contributed by atoms with van der Waals surface area (Å²) in [6.07, 6.45) is 0.627. The van der Waals surface area contributed by atoms with Crippen LogP contribution in [0.2, 0.25) is 0 Å². The molecule has 0 saturated carbocycles. The zero-order chi connectivity index (χ0) is 20.2. The Morgan fingerprint density at radius 2 is 1.78 bits per heavy atom. The van der Waals surface area contributed by atoms with Crippen molar-refractivity contribution in [3.8, 4) is 5.75 Å². The molecular formula is C19H27F2NO5. The van der Waals surface area contributed by atoms with Gasteiger partial charge < -0.3 is 19.5 Å². The third-order valence-corrected chi connectivity index (χ3v) is 3.62. The van der Waals surface area contributed by atoms with Gasteiger partial charge in [0.25, 0.3) is 5.91 Å². The smallest absolute Gasteiger partial charge is 0.387 e. The maximum Gasteiger partial charge on any atom is 0.387 e. The number of amides is 1. The molecule has 1 aromatic carbocycles. The minimum absolute atomic E-state index is 0.0782. The molecule has 0 saturated heterocycles. The van der Waals surface area contributed by atoms with Gasteiger partial charge in [-0.05, 0) is 43.4 Å². The fourth-order valence-corrected chi connectivity index (χ4v) is 2.04. The first kappa shape index (κ1) is 22.8. The zero-order valence-corrected chi connectivity index (χ0v) is 15.9. The summed E-state index contributed by atoms with van der Waals surface area (Å²) in [5.41, 5.74) is 0.848. The number of carbonyl (C=O) groups is 2. The van der Waals surface area contributed by atoms with E-state index in [1.54, 1.807) is 19.1 Å². The summed E-state index contributed by atoms with van der Waals surface area (Å²) >= 11 is 0. The Morgan fingerprint density at radius 1 is 1.11 bits per heavy atom. The molecule has 27 heavy (non-hydrogen) atoms. The van der Waals surface area contributed by atoms with E-state index >= 15 is 0 Å². The first-order valence-electron chi connectivity index (χ1n) is 8.86. The van der Waals surface area contributed by atoms with Gasteiger partial charge in [-0.15, -0.1) is 0 Å². The lowest BCUT2D eigenvalue weighted by atomic mass is 10.1. The summed E-state index contributed by atoms with van der Waals surface area (Å²) in [6.45, 7) is 3.25. The molecule has 8 heteroatoms. The SMILES string of the molecule is CC(C)CCOC(C)C(=O)OCC(=O)NCCc1ccc(OC(F)F)cc1. The second-order valence-corrected chi connectivity index (χ2v) is 6.43. The van der Waals surface area contributed by atoms with Crippen molar-refractivity contribution in [2.45, 2.75) is 46.3 Å². The molecule has 1 amide bonds. The Labute approximate surface area is 158 Å². The number of nitrogens with one attached hydrogen (secondary N) is 1. The lowest BCUT2D eigenvalue weighted by Gasteiger charge is -2.13. The second kappa shape index (κ2) is 12.2. The molecule has 0 heterocycles. The summed E-state index contributed by atoms with van der Waals surface area (Å²) in [7, 11) is 0. The van der Waals surface area contributed by atoms with Gasteiger partial charge in [0.05, 0.1) is 0 Å². The van der Waals surface area contributed by atoms with E-state index in [-0.39, 0.29) is 12.4 Å². The zero-order valence-electron chi connectivity index (χ0n) is 15.9. The van der Waals surface area contributed by atoms with Crippen LogP contribution in [0.3, 0.4) is 0 Å². The van der Waals surface area contributed by atoms with E-state index in [2.05, 4.69) is 23.9 Å². The topological polar surface area (TPSA) is 73.9 Å². The van der Waals surface area contributed by atoms with Crippen molar-refractivity contribution < 1.29 is 32.6 Å². The van der Waals surface area contributed by atoms with Crippen molar-refractivity contribution in [3.05, 3.63) is 29.8 Å². The molecule has 0 bridgehead atoms. The van der Waals surface area contributed by atoms with Crippen LogP contribution < -0.4 is 10.1 Å². The highest BCUT2D eigenvalue weighted by Gasteiger charge is 2.16. The van der Waals surface area contributed by atoms with E-state index in [4.69, 9.17) is 9.47 Å². The summed E-state index contributed by atoms with van der Waals surface area (Å²) in [5, 5.41) is 2.62. The van der Waals surface area contributed by atoms with Crippen molar-refractivity contribution in [3.63, 3.8) is 0 Å². The first-order valence-corrected chi connectivity index (χ1v) is 8.86. The number of ether oxygens (including phenoxy) is 3. The number of esters is 1. The van der Waals surface area contributed by atoms with Crippen LogP contribution in [0.5, 0.6) is 5.75 Å². The van der Waals surface area contributed by atoms with Gasteiger partial charge in [-0.3, -0.25) is 4.79 Å². The summed E-state index contributed by atoms with van der Waals surface area (Å²) in [6, 6.07) is 6.15. The number of rotatable bonds is 12. The van der Waals surface area contributed by atoms with Crippen LogP contribution in [0.1, 0.15) is 32.8 Å². The number of alkyl halides is 2. The molecule has 1 N–H and O–H groups in total. The summed E-state index contributed by atoms with van der Waals surface area (Å²) in [5.74, 6) is -0.444. The van der Waals surface area contributed by atoms with Crippen molar-refractivity contribution in [2.24, 2.45) is 5.92 Å². The van der Waals surface area contributed by atoms with E-state index in [0.29, 0.717) is 25.5 Å². The van der Waals surface area contributed by atoms with E-state index in [9.17, 15) is 18.4 Å². The standard InChI is InChI=1S/C19H27F2NO5/c1-13(2)9-11-25-14(3)18(24)26-12-17(23)22-10-8-15-4-6-16(7-5-15)27-19(20)21/h4-7,13-14,19H,8-12H2,1-3H3,(H,22,23).